The van der Waals surface area contributed by atoms with Gasteiger partial charge in [0.25, 0.3) is 0 Å². The molecule has 3 heteroatoms. The van der Waals surface area contributed by atoms with Crippen molar-refractivity contribution in [2.24, 2.45) is 0 Å². The summed E-state index contributed by atoms with van der Waals surface area (Å²) in [4.78, 5) is 11.3. The van der Waals surface area contributed by atoms with Crippen LogP contribution in [0.3, 0.4) is 0 Å². The first kappa shape index (κ1) is 13.1. The number of carboxylic acid groups (broad SMARTS) is 1. The lowest BCUT2D eigenvalue weighted by atomic mass is 9.90. The van der Waals surface area contributed by atoms with Gasteiger partial charge in [0.1, 0.15) is 0 Å². The molecule has 0 aliphatic carbocycles. The molecule has 0 saturated carbocycles. The number of aliphatic carboxylic acids is 1. The van der Waals surface area contributed by atoms with E-state index in [2.05, 4.69) is 13.8 Å². The van der Waals surface area contributed by atoms with E-state index in [0.29, 0.717) is 6.42 Å². The van der Waals surface area contributed by atoms with Gasteiger partial charge in [0.05, 0.1) is 5.92 Å². The molecule has 0 saturated heterocycles. The SMILES string of the molecule is CSC(C)(C)CC(C(=O)O)c1ccccc1. The molecule has 1 unspecified atom stereocenters. The average Bonchev–Trinajstić information content (AvgIpc) is 2.27. The zero-order valence-corrected chi connectivity index (χ0v) is 10.8. The van der Waals surface area contributed by atoms with Crippen LogP contribution in [0.5, 0.6) is 0 Å². The number of hydrogen-bond acceptors (Lipinski definition) is 2. The van der Waals surface area contributed by atoms with Gasteiger partial charge in [0, 0.05) is 4.75 Å². The number of benzene rings is 1. The molecule has 1 N–H and O–H groups in total. The molecule has 1 aromatic rings. The van der Waals surface area contributed by atoms with E-state index in [1.54, 1.807) is 11.8 Å². The largest absolute Gasteiger partial charge is 0.481 e. The van der Waals surface area contributed by atoms with E-state index < -0.39 is 11.9 Å². The number of carbonyl (C=O) groups is 1. The summed E-state index contributed by atoms with van der Waals surface area (Å²) in [7, 11) is 0. The van der Waals surface area contributed by atoms with Gasteiger partial charge in [-0.25, -0.2) is 0 Å². The summed E-state index contributed by atoms with van der Waals surface area (Å²) >= 11 is 1.70. The van der Waals surface area contributed by atoms with Crippen molar-refractivity contribution in [1.29, 1.82) is 0 Å². The molecule has 88 valence electrons. The van der Waals surface area contributed by atoms with E-state index in [1.807, 2.05) is 36.6 Å². The quantitative estimate of drug-likeness (QED) is 0.854. The molecular formula is C13H18O2S. The number of hydrogen-bond donors (Lipinski definition) is 1. The van der Waals surface area contributed by atoms with Gasteiger partial charge in [0.15, 0.2) is 0 Å². The molecule has 0 aromatic heterocycles. The van der Waals surface area contributed by atoms with Crippen molar-refractivity contribution in [2.75, 3.05) is 6.26 Å². The van der Waals surface area contributed by atoms with Crippen LogP contribution in [-0.4, -0.2) is 22.1 Å². The number of rotatable bonds is 5. The second kappa shape index (κ2) is 5.39. The lowest BCUT2D eigenvalue weighted by Crippen LogP contribution is -2.23. The van der Waals surface area contributed by atoms with Crippen LogP contribution >= 0.6 is 11.8 Å². The minimum atomic E-state index is -0.742. The summed E-state index contributed by atoms with van der Waals surface area (Å²) in [5, 5.41) is 9.28. The van der Waals surface area contributed by atoms with Gasteiger partial charge in [-0.05, 0) is 18.2 Å². The molecule has 1 aromatic carbocycles. The highest BCUT2D eigenvalue weighted by atomic mass is 32.2. The van der Waals surface area contributed by atoms with Crippen molar-refractivity contribution in [3.63, 3.8) is 0 Å². The Hall–Kier alpha value is -0.960. The van der Waals surface area contributed by atoms with Crippen LogP contribution in [0.2, 0.25) is 0 Å². The highest BCUT2D eigenvalue weighted by Crippen LogP contribution is 2.34. The van der Waals surface area contributed by atoms with Crippen molar-refractivity contribution < 1.29 is 9.90 Å². The molecule has 0 heterocycles. The third kappa shape index (κ3) is 3.56. The average molecular weight is 238 g/mol. The lowest BCUT2D eigenvalue weighted by Gasteiger charge is -2.26. The van der Waals surface area contributed by atoms with Gasteiger partial charge >= 0.3 is 5.97 Å². The van der Waals surface area contributed by atoms with Crippen LogP contribution in [0.1, 0.15) is 31.7 Å². The first-order valence-electron chi connectivity index (χ1n) is 5.29. The molecule has 0 aliphatic rings. The standard InChI is InChI=1S/C13H18O2S/c1-13(2,16-3)9-11(12(14)15)10-7-5-4-6-8-10/h4-8,11H,9H2,1-3H3,(H,14,15). The molecular weight excluding hydrogens is 220 g/mol. The van der Waals surface area contributed by atoms with Gasteiger partial charge in [-0.3, -0.25) is 4.79 Å². The molecule has 1 atom stereocenters. The fourth-order valence-corrected chi connectivity index (χ4v) is 1.94. The Kier molecular flexibility index (Phi) is 4.42. The van der Waals surface area contributed by atoms with E-state index in [4.69, 9.17) is 0 Å². The Morgan fingerprint density at radius 1 is 1.38 bits per heavy atom. The van der Waals surface area contributed by atoms with Crippen molar-refractivity contribution in [1.82, 2.24) is 0 Å². The van der Waals surface area contributed by atoms with E-state index in [0.717, 1.165) is 5.56 Å². The highest BCUT2D eigenvalue weighted by molar-refractivity contribution is 7.99. The van der Waals surface area contributed by atoms with Crippen LogP contribution < -0.4 is 0 Å². The Morgan fingerprint density at radius 2 is 1.94 bits per heavy atom. The van der Waals surface area contributed by atoms with Gasteiger partial charge in [0.2, 0.25) is 0 Å². The second-order valence-electron chi connectivity index (χ2n) is 4.47. The second-order valence-corrected chi connectivity index (χ2v) is 5.98. The number of thioether (sulfide) groups is 1. The fraction of sp³-hybridized carbons (Fsp3) is 0.462. The monoisotopic (exact) mass is 238 g/mol. The summed E-state index contributed by atoms with van der Waals surface area (Å²) in [6.45, 7) is 4.16. The van der Waals surface area contributed by atoms with E-state index in [1.165, 1.54) is 0 Å². The predicted molar refractivity (Wildman–Crippen MR) is 69.0 cm³/mol. The van der Waals surface area contributed by atoms with Gasteiger partial charge in [-0.2, -0.15) is 11.8 Å². The van der Waals surface area contributed by atoms with Crippen molar-refractivity contribution in [3.05, 3.63) is 35.9 Å². The Morgan fingerprint density at radius 3 is 2.38 bits per heavy atom. The minimum absolute atomic E-state index is 0.0150. The maximum absolute atomic E-state index is 11.3. The van der Waals surface area contributed by atoms with Crippen molar-refractivity contribution >= 4 is 17.7 Å². The third-order valence-corrected chi connectivity index (χ3v) is 4.02. The smallest absolute Gasteiger partial charge is 0.311 e. The molecule has 1 rings (SSSR count). The molecule has 2 nitrogen and oxygen atoms in total. The summed E-state index contributed by atoms with van der Waals surface area (Å²) in [5.74, 6) is -1.16. The van der Waals surface area contributed by atoms with E-state index in [9.17, 15) is 9.90 Å². The molecule has 0 spiro atoms. The molecule has 0 bridgehead atoms. The molecule has 0 aliphatic heterocycles. The summed E-state index contributed by atoms with van der Waals surface area (Å²) in [6, 6.07) is 9.45. The molecule has 0 fully saturated rings. The Labute approximate surface area is 101 Å². The highest BCUT2D eigenvalue weighted by Gasteiger charge is 2.28. The molecule has 16 heavy (non-hydrogen) atoms. The molecule has 0 radical (unpaired) electrons. The van der Waals surface area contributed by atoms with Crippen LogP contribution in [0.15, 0.2) is 30.3 Å². The summed E-state index contributed by atoms with van der Waals surface area (Å²) in [6.07, 6.45) is 2.66. The molecule has 0 amide bonds. The van der Waals surface area contributed by atoms with E-state index >= 15 is 0 Å². The normalized spacial score (nSPS) is 13.4. The topological polar surface area (TPSA) is 37.3 Å². The summed E-state index contributed by atoms with van der Waals surface area (Å²) < 4.78 is -0.0150. The zero-order chi connectivity index (χ0) is 12.2. The van der Waals surface area contributed by atoms with E-state index in [-0.39, 0.29) is 4.75 Å². The zero-order valence-electron chi connectivity index (χ0n) is 9.93. The number of carboxylic acids is 1. The van der Waals surface area contributed by atoms with Crippen LogP contribution in [0, 0.1) is 0 Å². The Balaban J connectivity index is 2.89. The Bertz CT molecular complexity index is 346. The van der Waals surface area contributed by atoms with Crippen LogP contribution in [0.25, 0.3) is 0 Å². The van der Waals surface area contributed by atoms with Gasteiger partial charge in [-0.15, -0.1) is 0 Å². The van der Waals surface area contributed by atoms with Crippen molar-refractivity contribution in [3.8, 4) is 0 Å². The first-order valence-corrected chi connectivity index (χ1v) is 6.51. The third-order valence-electron chi connectivity index (χ3n) is 2.75. The maximum atomic E-state index is 11.3. The van der Waals surface area contributed by atoms with Gasteiger partial charge in [-0.1, -0.05) is 44.2 Å². The lowest BCUT2D eigenvalue weighted by molar-refractivity contribution is -0.139. The first-order chi connectivity index (χ1) is 7.46. The minimum Gasteiger partial charge on any atom is -0.481 e. The van der Waals surface area contributed by atoms with Gasteiger partial charge < -0.3 is 5.11 Å². The maximum Gasteiger partial charge on any atom is 0.311 e. The summed E-state index contributed by atoms with van der Waals surface area (Å²) in [5.41, 5.74) is 0.886. The van der Waals surface area contributed by atoms with Crippen LogP contribution in [-0.2, 0) is 4.79 Å². The fourth-order valence-electron chi connectivity index (χ4n) is 1.61. The van der Waals surface area contributed by atoms with Crippen molar-refractivity contribution in [2.45, 2.75) is 30.9 Å². The van der Waals surface area contributed by atoms with Crippen LogP contribution in [0.4, 0.5) is 0 Å². The predicted octanol–water partition coefficient (Wildman–Crippen LogP) is 3.39.